The molecule has 0 radical (unpaired) electrons. The topological polar surface area (TPSA) is 44.5 Å². The molecule has 0 spiro atoms. The van der Waals surface area contributed by atoms with Crippen LogP contribution in [0.1, 0.15) is 18.4 Å². The normalized spacial score (nSPS) is 17.1. The van der Waals surface area contributed by atoms with Gasteiger partial charge < -0.3 is 15.2 Å². The predicted octanol–water partition coefficient (Wildman–Crippen LogP) is 1.93. The zero-order valence-corrected chi connectivity index (χ0v) is 9.14. The van der Waals surface area contributed by atoms with Crippen LogP contribution < -0.4 is 15.2 Å². The molecule has 1 saturated carbocycles. The molecule has 1 aliphatic rings. The predicted molar refractivity (Wildman–Crippen MR) is 54.6 cm³/mol. The fourth-order valence-electron chi connectivity index (χ4n) is 1.82. The van der Waals surface area contributed by atoms with Crippen molar-refractivity contribution < 1.29 is 18.3 Å². The van der Waals surface area contributed by atoms with Crippen molar-refractivity contribution in [1.29, 1.82) is 0 Å². The molecule has 16 heavy (non-hydrogen) atoms. The highest BCUT2D eigenvalue weighted by Crippen LogP contribution is 2.51. The Morgan fingerprint density at radius 1 is 1.12 bits per heavy atom. The molecule has 0 aliphatic heterocycles. The molecule has 0 aromatic heterocycles. The Hall–Kier alpha value is -1.36. The van der Waals surface area contributed by atoms with Crippen LogP contribution >= 0.6 is 0 Å². The Balaban J connectivity index is 2.69. The van der Waals surface area contributed by atoms with Crippen molar-refractivity contribution in [2.24, 2.45) is 5.73 Å². The van der Waals surface area contributed by atoms with Gasteiger partial charge in [-0.1, -0.05) is 0 Å². The van der Waals surface area contributed by atoms with E-state index >= 15 is 0 Å². The minimum absolute atomic E-state index is 0.0294. The third-order valence-electron chi connectivity index (χ3n) is 2.84. The van der Waals surface area contributed by atoms with Crippen LogP contribution in [0.3, 0.4) is 0 Å². The van der Waals surface area contributed by atoms with E-state index in [0.29, 0.717) is 12.8 Å². The highest BCUT2D eigenvalue weighted by atomic mass is 19.1. The summed E-state index contributed by atoms with van der Waals surface area (Å²) in [6.45, 7) is 0. The van der Waals surface area contributed by atoms with E-state index in [1.165, 1.54) is 14.2 Å². The smallest absolute Gasteiger partial charge is 0.168 e. The summed E-state index contributed by atoms with van der Waals surface area (Å²) in [5.41, 5.74) is 5.53. The summed E-state index contributed by atoms with van der Waals surface area (Å²) in [6, 6.07) is 0.743. The third kappa shape index (κ3) is 1.51. The molecule has 0 unspecified atom stereocenters. The van der Waals surface area contributed by atoms with Gasteiger partial charge >= 0.3 is 0 Å². The Kier molecular flexibility index (Phi) is 2.50. The average molecular weight is 229 g/mol. The summed E-state index contributed by atoms with van der Waals surface area (Å²) in [7, 11) is 2.65. The van der Waals surface area contributed by atoms with Gasteiger partial charge in [0.05, 0.1) is 19.8 Å². The van der Waals surface area contributed by atoms with Crippen molar-refractivity contribution in [3.8, 4) is 11.5 Å². The molecule has 5 heteroatoms. The van der Waals surface area contributed by atoms with Crippen molar-refractivity contribution in [2.45, 2.75) is 18.4 Å². The molecular formula is C11H13F2NO2. The van der Waals surface area contributed by atoms with E-state index in [4.69, 9.17) is 15.2 Å². The maximum Gasteiger partial charge on any atom is 0.168 e. The molecule has 0 atom stereocenters. The lowest BCUT2D eigenvalue weighted by Crippen LogP contribution is -2.22. The standard InChI is InChI=1S/C11H13F2NO2/c1-15-9-6(12)5-7(13)10(16-2)8(9)11(14)3-4-11/h5H,3-4,14H2,1-2H3. The van der Waals surface area contributed by atoms with Gasteiger partial charge in [0.25, 0.3) is 0 Å². The number of methoxy groups -OCH3 is 2. The first-order chi connectivity index (χ1) is 7.53. The summed E-state index contributed by atoms with van der Waals surface area (Å²) in [4.78, 5) is 0. The number of hydrogen-bond donors (Lipinski definition) is 1. The Bertz CT molecular complexity index is 402. The molecule has 2 N–H and O–H groups in total. The van der Waals surface area contributed by atoms with Gasteiger partial charge in [-0.05, 0) is 12.8 Å². The van der Waals surface area contributed by atoms with Gasteiger partial charge in [0, 0.05) is 11.6 Å². The van der Waals surface area contributed by atoms with Crippen LogP contribution in [0.2, 0.25) is 0 Å². The molecule has 1 aromatic rings. The van der Waals surface area contributed by atoms with E-state index < -0.39 is 17.2 Å². The van der Waals surface area contributed by atoms with E-state index in [-0.39, 0.29) is 17.1 Å². The lowest BCUT2D eigenvalue weighted by molar-refractivity contribution is 0.342. The van der Waals surface area contributed by atoms with Crippen molar-refractivity contribution in [3.63, 3.8) is 0 Å². The van der Waals surface area contributed by atoms with E-state index in [9.17, 15) is 8.78 Å². The molecular weight excluding hydrogens is 216 g/mol. The zero-order valence-electron chi connectivity index (χ0n) is 9.14. The summed E-state index contributed by atoms with van der Waals surface area (Å²) in [6.07, 6.45) is 1.34. The first kappa shape index (κ1) is 11.1. The van der Waals surface area contributed by atoms with Crippen LogP contribution in [0.15, 0.2) is 6.07 Å². The van der Waals surface area contributed by atoms with Crippen LogP contribution in [0, 0.1) is 11.6 Å². The van der Waals surface area contributed by atoms with Crippen molar-refractivity contribution >= 4 is 0 Å². The largest absolute Gasteiger partial charge is 0.493 e. The molecule has 88 valence electrons. The lowest BCUT2D eigenvalue weighted by atomic mass is 10.0. The molecule has 0 heterocycles. The molecule has 3 nitrogen and oxygen atoms in total. The quantitative estimate of drug-likeness (QED) is 0.861. The summed E-state index contributed by atoms with van der Waals surface area (Å²) in [5.74, 6) is -1.57. The highest BCUT2D eigenvalue weighted by Gasteiger charge is 2.46. The van der Waals surface area contributed by atoms with Gasteiger partial charge in [-0.3, -0.25) is 0 Å². The van der Waals surface area contributed by atoms with Crippen LogP contribution in [0.5, 0.6) is 11.5 Å². The number of rotatable bonds is 3. The van der Waals surface area contributed by atoms with Crippen LogP contribution in [-0.2, 0) is 5.54 Å². The number of hydrogen-bond acceptors (Lipinski definition) is 3. The first-order valence-corrected chi connectivity index (χ1v) is 4.93. The van der Waals surface area contributed by atoms with Crippen LogP contribution in [0.4, 0.5) is 8.78 Å². The maximum atomic E-state index is 13.5. The van der Waals surface area contributed by atoms with Gasteiger partial charge in [0.15, 0.2) is 23.1 Å². The fourth-order valence-corrected chi connectivity index (χ4v) is 1.82. The number of benzene rings is 1. The monoisotopic (exact) mass is 229 g/mol. The van der Waals surface area contributed by atoms with Crippen LogP contribution in [-0.4, -0.2) is 14.2 Å². The van der Waals surface area contributed by atoms with Gasteiger partial charge in [-0.2, -0.15) is 0 Å². The lowest BCUT2D eigenvalue weighted by Gasteiger charge is -2.19. The van der Waals surface area contributed by atoms with Crippen molar-refractivity contribution in [2.75, 3.05) is 14.2 Å². The molecule has 1 fully saturated rings. The molecule has 2 rings (SSSR count). The van der Waals surface area contributed by atoms with Crippen molar-refractivity contribution in [1.82, 2.24) is 0 Å². The number of ether oxygens (including phenoxy) is 2. The second-order valence-corrected chi connectivity index (χ2v) is 3.94. The average Bonchev–Trinajstić information content (AvgIpc) is 2.97. The minimum atomic E-state index is -0.757. The van der Waals surface area contributed by atoms with E-state index in [1.54, 1.807) is 0 Å². The van der Waals surface area contributed by atoms with Crippen LogP contribution in [0.25, 0.3) is 0 Å². The Morgan fingerprint density at radius 2 is 1.56 bits per heavy atom. The Morgan fingerprint density at radius 3 is 1.88 bits per heavy atom. The molecule has 0 amide bonds. The number of halogens is 2. The second kappa shape index (κ2) is 3.59. The molecule has 0 saturated heterocycles. The van der Waals surface area contributed by atoms with Gasteiger partial charge in [0.1, 0.15) is 0 Å². The van der Waals surface area contributed by atoms with Crippen molar-refractivity contribution in [3.05, 3.63) is 23.3 Å². The SMILES string of the molecule is COc1c(F)cc(F)c(OC)c1C1(N)CC1. The van der Waals surface area contributed by atoms with E-state index in [1.807, 2.05) is 0 Å². The summed E-state index contributed by atoms with van der Waals surface area (Å²) < 4.78 is 36.9. The molecule has 1 aromatic carbocycles. The molecule has 1 aliphatic carbocycles. The van der Waals surface area contributed by atoms with Gasteiger partial charge in [-0.25, -0.2) is 8.78 Å². The summed E-state index contributed by atoms with van der Waals surface area (Å²) >= 11 is 0. The first-order valence-electron chi connectivity index (χ1n) is 4.93. The maximum absolute atomic E-state index is 13.5. The fraction of sp³-hybridized carbons (Fsp3) is 0.455. The second-order valence-electron chi connectivity index (χ2n) is 3.94. The summed E-state index contributed by atoms with van der Waals surface area (Å²) in [5, 5.41) is 0. The van der Waals surface area contributed by atoms with E-state index in [2.05, 4.69) is 0 Å². The van der Waals surface area contributed by atoms with Gasteiger partial charge in [-0.15, -0.1) is 0 Å². The molecule has 0 bridgehead atoms. The number of nitrogens with two attached hydrogens (primary N) is 1. The van der Waals surface area contributed by atoms with E-state index in [0.717, 1.165) is 6.07 Å². The minimum Gasteiger partial charge on any atom is -0.493 e. The third-order valence-corrected chi connectivity index (χ3v) is 2.84. The highest BCUT2D eigenvalue weighted by molar-refractivity contribution is 5.53. The zero-order chi connectivity index (χ0) is 11.9. The van der Waals surface area contributed by atoms with Gasteiger partial charge in [0.2, 0.25) is 0 Å². The Labute approximate surface area is 92.1 Å².